The molecule has 0 aromatic heterocycles. The van der Waals surface area contributed by atoms with Gasteiger partial charge in [0.2, 0.25) is 0 Å². The van der Waals surface area contributed by atoms with Gasteiger partial charge in [-0.2, -0.15) is 0 Å². The summed E-state index contributed by atoms with van der Waals surface area (Å²) in [6, 6.07) is 20.1. The number of methoxy groups -OCH3 is 2. The number of halogens is 2. The van der Waals surface area contributed by atoms with Crippen LogP contribution in [-0.2, 0) is 16.1 Å². The van der Waals surface area contributed by atoms with Gasteiger partial charge in [-0.15, -0.1) is 0 Å². The Balaban J connectivity index is 1.42. The smallest absolute Gasteiger partial charge is 0.337 e. The SMILES string of the molecule is COC(=O)c1ccc(CO[C@@H](CN2CCN(C(=O)c3c(Cl)cccc3Cl)CC2)c2cccc(OC)c2)cc1. The van der Waals surface area contributed by atoms with Crippen molar-refractivity contribution in [2.75, 3.05) is 46.9 Å². The fourth-order valence-electron chi connectivity index (χ4n) is 4.38. The molecule has 1 aliphatic rings. The Hall–Kier alpha value is -3.10. The van der Waals surface area contributed by atoms with Gasteiger partial charge in [0, 0.05) is 32.7 Å². The second kappa shape index (κ2) is 13.1. The van der Waals surface area contributed by atoms with E-state index >= 15 is 0 Å². The standard InChI is InChI=1S/C29H30Cl2N2O5/c1-36-23-6-3-5-22(17-23)26(38-19-20-9-11-21(12-10-20)29(35)37-2)18-32-13-15-33(16-14-32)28(34)27-24(30)7-4-8-25(27)31/h3-12,17,26H,13-16,18-19H2,1-2H3/t26-/m0/s1. The van der Waals surface area contributed by atoms with E-state index in [1.807, 2.05) is 36.4 Å². The molecule has 0 radical (unpaired) electrons. The molecule has 3 aromatic carbocycles. The molecule has 38 heavy (non-hydrogen) atoms. The second-order valence-corrected chi connectivity index (χ2v) is 9.77. The number of rotatable bonds is 9. The molecule has 0 aliphatic carbocycles. The van der Waals surface area contributed by atoms with Gasteiger partial charge in [0.15, 0.2) is 0 Å². The van der Waals surface area contributed by atoms with Crippen molar-refractivity contribution in [2.45, 2.75) is 12.7 Å². The molecule has 200 valence electrons. The molecule has 1 amide bonds. The maximum Gasteiger partial charge on any atom is 0.337 e. The summed E-state index contributed by atoms with van der Waals surface area (Å²) in [6.07, 6.45) is -0.231. The third kappa shape index (κ3) is 6.85. The van der Waals surface area contributed by atoms with E-state index < -0.39 is 0 Å². The number of benzene rings is 3. The first kappa shape index (κ1) is 27.9. The van der Waals surface area contributed by atoms with Crippen molar-refractivity contribution in [3.8, 4) is 5.75 Å². The maximum atomic E-state index is 13.1. The predicted octanol–water partition coefficient (Wildman–Crippen LogP) is 5.50. The molecular weight excluding hydrogens is 527 g/mol. The number of esters is 1. The molecule has 0 bridgehead atoms. The van der Waals surface area contributed by atoms with Crippen LogP contribution in [0.4, 0.5) is 0 Å². The van der Waals surface area contributed by atoms with Gasteiger partial charge < -0.3 is 19.1 Å². The van der Waals surface area contributed by atoms with Crippen molar-refractivity contribution >= 4 is 35.1 Å². The van der Waals surface area contributed by atoms with E-state index in [-0.39, 0.29) is 18.0 Å². The minimum Gasteiger partial charge on any atom is -0.497 e. The van der Waals surface area contributed by atoms with Gasteiger partial charge in [-0.3, -0.25) is 9.69 Å². The zero-order valence-corrected chi connectivity index (χ0v) is 22.9. The monoisotopic (exact) mass is 556 g/mol. The number of hydrogen-bond donors (Lipinski definition) is 0. The highest BCUT2D eigenvalue weighted by molar-refractivity contribution is 6.39. The van der Waals surface area contributed by atoms with Crippen molar-refractivity contribution < 1.29 is 23.8 Å². The third-order valence-corrected chi connectivity index (χ3v) is 7.18. The molecule has 0 unspecified atom stereocenters. The Morgan fingerprint density at radius 3 is 2.18 bits per heavy atom. The van der Waals surface area contributed by atoms with Crippen LogP contribution in [0.5, 0.6) is 5.75 Å². The van der Waals surface area contributed by atoms with Crippen LogP contribution in [0.15, 0.2) is 66.7 Å². The summed E-state index contributed by atoms with van der Waals surface area (Å²) in [4.78, 5) is 28.9. The molecule has 7 nitrogen and oxygen atoms in total. The number of hydrogen-bond acceptors (Lipinski definition) is 6. The van der Waals surface area contributed by atoms with Crippen molar-refractivity contribution in [3.63, 3.8) is 0 Å². The Labute approximate surface area is 232 Å². The fourth-order valence-corrected chi connectivity index (χ4v) is 4.94. The average Bonchev–Trinajstić information content (AvgIpc) is 2.95. The van der Waals surface area contributed by atoms with Crippen molar-refractivity contribution in [1.82, 2.24) is 9.80 Å². The van der Waals surface area contributed by atoms with E-state index in [0.717, 1.165) is 16.9 Å². The number of amides is 1. The molecule has 1 atom stereocenters. The average molecular weight is 557 g/mol. The summed E-state index contributed by atoms with van der Waals surface area (Å²) in [5.41, 5.74) is 2.78. The summed E-state index contributed by atoms with van der Waals surface area (Å²) < 4.78 is 16.6. The molecule has 1 saturated heterocycles. The number of ether oxygens (including phenoxy) is 3. The van der Waals surface area contributed by atoms with E-state index in [1.54, 1.807) is 42.3 Å². The summed E-state index contributed by atoms with van der Waals surface area (Å²) in [7, 11) is 3.00. The van der Waals surface area contributed by atoms with E-state index in [0.29, 0.717) is 60.5 Å². The van der Waals surface area contributed by atoms with Gasteiger partial charge in [-0.1, -0.05) is 53.5 Å². The lowest BCUT2D eigenvalue weighted by molar-refractivity contribution is 0.00332. The first-order chi connectivity index (χ1) is 18.4. The molecule has 1 heterocycles. The predicted molar refractivity (Wildman–Crippen MR) is 147 cm³/mol. The lowest BCUT2D eigenvalue weighted by atomic mass is 10.1. The summed E-state index contributed by atoms with van der Waals surface area (Å²) in [6.45, 7) is 3.49. The van der Waals surface area contributed by atoms with Crippen molar-refractivity contribution in [3.05, 3.63) is 99.0 Å². The molecule has 9 heteroatoms. The van der Waals surface area contributed by atoms with Crippen LogP contribution in [0.25, 0.3) is 0 Å². The fraction of sp³-hybridized carbons (Fsp3) is 0.310. The topological polar surface area (TPSA) is 68.3 Å². The Morgan fingerprint density at radius 1 is 0.895 bits per heavy atom. The van der Waals surface area contributed by atoms with Crippen LogP contribution in [0.2, 0.25) is 10.0 Å². The number of piperazine rings is 1. The Kier molecular flexibility index (Phi) is 9.63. The van der Waals surface area contributed by atoms with E-state index in [9.17, 15) is 9.59 Å². The molecule has 4 rings (SSSR count). The Morgan fingerprint density at radius 2 is 1.55 bits per heavy atom. The molecule has 1 aliphatic heterocycles. The first-order valence-corrected chi connectivity index (χ1v) is 13.0. The van der Waals surface area contributed by atoms with E-state index in [4.69, 9.17) is 37.4 Å². The van der Waals surface area contributed by atoms with Crippen LogP contribution in [0.3, 0.4) is 0 Å². The number of carbonyl (C=O) groups excluding carboxylic acids is 2. The highest BCUT2D eigenvalue weighted by atomic mass is 35.5. The van der Waals surface area contributed by atoms with E-state index in [2.05, 4.69) is 4.90 Å². The molecule has 1 fully saturated rings. The maximum absolute atomic E-state index is 13.1. The molecule has 3 aromatic rings. The van der Waals surface area contributed by atoms with Crippen LogP contribution in [0, 0.1) is 0 Å². The molecule has 0 saturated carbocycles. The molecule has 0 spiro atoms. The zero-order valence-electron chi connectivity index (χ0n) is 21.4. The summed E-state index contributed by atoms with van der Waals surface area (Å²) >= 11 is 12.5. The van der Waals surface area contributed by atoms with Crippen LogP contribution < -0.4 is 4.74 Å². The van der Waals surface area contributed by atoms with Gasteiger partial charge >= 0.3 is 5.97 Å². The highest BCUT2D eigenvalue weighted by Gasteiger charge is 2.27. The zero-order chi connectivity index (χ0) is 27.1. The molecule has 0 N–H and O–H groups in total. The quantitative estimate of drug-likeness (QED) is 0.324. The van der Waals surface area contributed by atoms with Crippen LogP contribution >= 0.6 is 23.2 Å². The number of carbonyl (C=O) groups is 2. The number of nitrogens with zero attached hydrogens (tertiary/aromatic N) is 2. The van der Waals surface area contributed by atoms with Crippen molar-refractivity contribution in [1.29, 1.82) is 0 Å². The highest BCUT2D eigenvalue weighted by Crippen LogP contribution is 2.28. The van der Waals surface area contributed by atoms with Gasteiger partial charge in [-0.05, 0) is 47.5 Å². The van der Waals surface area contributed by atoms with E-state index in [1.165, 1.54) is 7.11 Å². The second-order valence-electron chi connectivity index (χ2n) is 8.95. The minimum atomic E-state index is -0.374. The third-order valence-electron chi connectivity index (χ3n) is 6.55. The Bertz CT molecular complexity index is 1240. The van der Waals surface area contributed by atoms with Crippen LogP contribution in [-0.4, -0.2) is 68.6 Å². The van der Waals surface area contributed by atoms with Gasteiger partial charge in [0.1, 0.15) is 5.75 Å². The van der Waals surface area contributed by atoms with Gasteiger partial charge in [-0.25, -0.2) is 4.79 Å². The lowest BCUT2D eigenvalue weighted by Gasteiger charge is -2.36. The largest absolute Gasteiger partial charge is 0.497 e. The molecular formula is C29H30Cl2N2O5. The minimum absolute atomic E-state index is 0.156. The van der Waals surface area contributed by atoms with Crippen molar-refractivity contribution in [2.24, 2.45) is 0 Å². The van der Waals surface area contributed by atoms with Gasteiger partial charge in [0.25, 0.3) is 5.91 Å². The first-order valence-electron chi connectivity index (χ1n) is 12.3. The van der Waals surface area contributed by atoms with Gasteiger partial charge in [0.05, 0.1) is 48.1 Å². The lowest BCUT2D eigenvalue weighted by Crippen LogP contribution is -2.49. The summed E-state index contributed by atoms with van der Waals surface area (Å²) in [5, 5.41) is 0.715. The summed E-state index contributed by atoms with van der Waals surface area (Å²) in [5.74, 6) is 0.225. The van der Waals surface area contributed by atoms with Crippen LogP contribution in [0.1, 0.15) is 37.9 Å². The normalized spacial score (nSPS) is 14.7.